The first kappa shape index (κ1) is 18.1. The molecule has 0 aliphatic heterocycles. The summed E-state index contributed by atoms with van der Waals surface area (Å²) in [6.07, 6.45) is 0. The van der Waals surface area contributed by atoms with Crippen molar-refractivity contribution < 1.29 is 19.1 Å². The Labute approximate surface area is 149 Å². The standard InChI is InChI=1S/C17H15Cl2NO4/c1-3-24-17(22)10-6-4-5-7-13(10)20-16(21)14-11(18)8-9-12(19)15(14)23-2/h4-9H,3H2,1-2H3,(H,20,21). The van der Waals surface area contributed by atoms with Crippen molar-refractivity contribution in [2.75, 3.05) is 19.0 Å². The molecule has 7 heteroatoms. The lowest BCUT2D eigenvalue weighted by Crippen LogP contribution is -2.17. The first-order chi connectivity index (χ1) is 11.5. The normalized spacial score (nSPS) is 10.2. The number of para-hydroxylation sites is 1. The molecule has 2 aromatic rings. The molecular formula is C17H15Cl2NO4. The Morgan fingerprint density at radius 1 is 1.08 bits per heavy atom. The van der Waals surface area contributed by atoms with Crippen molar-refractivity contribution in [2.24, 2.45) is 0 Å². The lowest BCUT2D eigenvalue weighted by Gasteiger charge is -2.14. The van der Waals surface area contributed by atoms with Crippen LogP contribution in [-0.4, -0.2) is 25.6 Å². The van der Waals surface area contributed by atoms with E-state index in [-0.39, 0.29) is 33.5 Å². The van der Waals surface area contributed by atoms with Gasteiger partial charge in [-0.1, -0.05) is 35.3 Å². The zero-order chi connectivity index (χ0) is 17.7. The second kappa shape index (κ2) is 8.04. The summed E-state index contributed by atoms with van der Waals surface area (Å²) in [5, 5.41) is 3.08. The number of rotatable bonds is 5. The molecule has 5 nitrogen and oxygen atoms in total. The highest BCUT2D eigenvalue weighted by molar-refractivity contribution is 6.37. The molecule has 24 heavy (non-hydrogen) atoms. The van der Waals surface area contributed by atoms with Crippen molar-refractivity contribution in [3.8, 4) is 5.75 Å². The number of amides is 1. The molecule has 0 atom stereocenters. The van der Waals surface area contributed by atoms with E-state index >= 15 is 0 Å². The van der Waals surface area contributed by atoms with E-state index in [1.165, 1.54) is 19.2 Å². The first-order valence-electron chi connectivity index (χ1n) is 7.09. The van der Waals surface area contributed by atoms with Gasteiger partial charge in [0.15, 0.2) is 5.75 Å². The highest BCUT2D eigenvalue weighted by atomic mass is 35.5. The van der Waals surface area contributed by atoms with Gasteiger partial charge in [0.2, 0.25) is 0 Å². The molecule has 0 saturated heterocycles. The predicted octanol–water partition coefficient (Wildman–Crippen LogP) is 4.43. The molecule has 1 amide bonds. The summed E-state index contributed by atoms with van der Waals surface area (Å²) >= 11 is 12.1. The topological polar surface area (TPSA) is 64.6 Å². The third-order valence-corrected chi connectivity index (χ3v) is 3.77. The van der Waals surface area contributed by atoms with Crippen LogP contribution in [0.1, 0.15) is 27.6 Å². The van der Waals surface area contributed by atoms with E-state index in [1.54, 1.807) is 31.2 Å². The summed E-state index contributed by atoms with van der Waals surface area (Å²) in [6.45, 7) is 1.94. The lowest BCUT2D eigenvalue weighted by atomic mass is 10.1. The van der Waals surface area contributed by atoms with Crippen LogP contribution in [0.5, 0.6) is 5.75 Å². The zero-order valence-corrected chi connectivity index (χ0v) is 14.6. The number of esters is 1. The van der Waals surface area contributed by atoms with Crippen molar-refractivity contribution in [3.63, 3.8) is 0 Å². The fraction of sp³-hybridized carbons (Fsp3) is 0.176. The minimum absolute atomic E-state index is 0.0883. The van der Waals surface area contributed by atoms with E-state index in [9.17, 15) is 9.59 Å². The molecule has 0 heterocycles. The Balaban J connectivity index is 2.39. The highest BCUT2D eigenvalue weighted by Crippen LogP contribution is 2.34. The number of benzene rings is 2. The number of ether oxygens (including phenoxy) is 2. The average Bonchev–Trinajstić information content (AvgIpc) is 2.57. The molecule has 0 aliphatic carbocycles. The van der Waals surface area contributed by atoms with Crippen LogP contribution in [-0.2, 0) is 4.74 Å². The molecule has 0 fully saturated rings. The van der Waals surface area contributed by atoms with E-state index in [0.29, 0.717) is 5.69 Å². The van der Waals surface area contributed by atoms with Gasteiger partial charge in [-0.05, 0) is 31.2 Å². The average molecular weight is 368 g/mol. The Bertz CT molecular complexity index is 777. The van der Waals surface area contributed by atoms with Crippen LogP contribution in [0.15, 0.2) is 36.4 Å². The Morgan fingerprint density at radius 3 is 2.42 bits per heavy atom. The number of carbonyl (C=O) groups is 2. The van der Waals surface area contributed by atoms with Crippen molar-refractivity contribution >= 4 is 40.8 Å². The number of halogens is 2. The van der Waals surface area contributed by atoms with E-state index in [4.69, 9.17) is 32.7 Å². The van der Waals surface area contributed by atoms with Crippen molar-refractivity contribution in [3.05, 3.63) is 57.6 Å². The number of hydrogen-bond donors (Lipinski definition) is 1. The number of methoxy groups -OCH3 is 1. The van der Waals surface area contributed by atoms with Crippen LogP contribution in [0.3, 0.4) is 0 Å². The quantitative estimate of drug-likeness (QED) is 0.793. The van der Waals surface area contributed by atoms with Crippen LogP contribution >= 0.6 is 23.2 Å². The minimum atomic E-state index is -0.545. The molecule has 0 unspecified atom stereocenters. The van der Waals surface area contributed by atoms with Crippen LogP contribution in [0.4, 0.5) is 5.69 Å². The SMILES string of the molecule is CCOC(=O)c1ccccc1NC(=O)c1c(Cl)ccc(Cl)c1OC. The molecule has 0 aliphatic rings. The van der Waals surface area contributed by atoms with E-state index in [1.807, 2.05) is 0 Å². The minimum Gasteiger partial charge on any atom is -0.494 e. The molecule has 2 rings (SSSR count). The Kier molecular flexibility index (Phi) is 6.06. The second-order valence-electron chi connectivity index (χ2n) is 4.66. The van der Waals surface area contributed by atoms with Gasteiger partial charge in [0.05, 0.1) is 35.0 Å². The van der Waals surface area contributed by atoms with Crippen LogP contribution in [0.25, 0.3) is 0 Å². The highest BCUT2D eigenvalue weighted by Gasteiger charge is 2.21. The molecular weight excluding hydrogens is 353 g/mol. The second-order valence-corrected chi connectivity index (χ2v) is 5.47. The molecule has 0 aromatic heterocycles. The molecule has 2 aromatic carbocycles. The maximum absolute atomic E-state index is 12.6. The van der Waals surface area contributed by atoms with Gasteiger partial charge in [0, 0.05) is 0 Å². The monoisotopic (exact) mass is 367 g/mol. The summed E-state index contributed by atoms with van der Waals surface area (Å²) in [6, 6.07) is 9.55. The van der Waals surface area contributed by atoms with Crippen LogP contribution in [0, 0.1) is 0 Å². The van der Waals surface area contributed by atoms with E-state index in [2.05, 4.69) is 5.32 Å². The molecule has 126 valence electrons. The largest absolute Gasteiger partial charge is 0.494 e. The summed E-state index contributed by atoms with van der Waals surface area (Å²) in [5.41, 5.74) is 0.634. The number of anilines is 1. The van der Waals surface area contributed by atoms with Gasteiger partial charge < -0.3 is 14.8 Å². The molecule has 1 N–H and O–H groups in total. The van der Waals surface area contributed by atoms with Gasteiger partial charge in [0.1, 0.15) is 5.56 Å². The third kappa shape index (κ3) is 3.80. The van der Waals surface area contributed by atoms with Gasteiger partial charge >= 0.3 is 5.97 Å². The fourth-order valence-electron chi connectivity index (χ4n) is 2.11. The van der Waals surface area contributed by atoms with E-state index < -0.39 is 11.9 Å². The van der Waals surface area contributed by atoms with Crippen molar-refractivity contribution in [2.45, 2.75) is 6.92 Å². The zero-order valence-electron chi connectivity index (χ0n) is 13.1. The Hall–Kier alpha value is -2.24. The Morgan fingerprint density at radius 2 is 1.75 bits per heavy atom. The smallest absolute Gasteiger partial charge is 0.340 e. The van der Waals surface area contributed by atoms with Crippen LogP contribution < -0.4 is 10.1 Å². The number of nitrogens with one attached hydrogen (secondary N) is 1. The maximum atomic E-state index is 12.6. The van der Waals surface area contributed by atoms with Gasteiger partial charge in [0.25, 0.3) is 5.91 Å². The number of hydrogen-bond acceptors (Lipinski definition) is 4. The molecule has 0 radical (unpaired) electrons. The summed E-state index contributed by atoms with van der Waals surface area (Å²) < 4.78 is 10.1. The van der Waals surface area contributed by atoms with Crippen molar-refractivity contribution in [1.82, 2.24) is 0 Å². The third-order valence-electron chi connectivity index (χ3n) is 3.16. The summed E-state index contributed by atoms with van der Waals surface area (Å²) in [4.78, 5) is 24.6. The first-order valence-corrected chi connectivity index (χ1v) is 7.84. The maximum Gasteiger partial charge on any atom is 0.340 e. The van der Waals surface area contributed by atoms with Gasteiger partial charge in [-0.3, -0.25) is 4.79 Å². The van der Waals surface area contributed by atoms with Gasteiger partial charge in [-0.2, -0.15) is 0 Å². The predicted molar refractivity (Wildman–Crippen MR) is 93.4 cm³/mol. The number of carbonyl (C=O) groups excluding carboxylic acids is 2. The summed E-state index contributed by atoms with van der Waals surface area (Å²) in [7, 11) is 1.39. The lowest BCUT2D eigenvalue weighted by molar-refractivity contribution is 0.0527. The van der Waals surface area contributed by atoms with Gasteiger partial charge in [-0.15, -0.1) is 0 Å². The summed E-state index contributed by atoms with van der Waals surface area (Å²) in [5.74, 6) is -0.913. The van der Waals surface area contributed by atoms with E-state index in [0.717, 1.165) is 0 Å². The van der Waals surface area contributed by atoms with Crippen LogP contribution in [0.2, 0.25) is 10.0 Å². The molecule has 0 bridgehead atoms. The van der Waals surface area contributed by atoms with Gasteiger partial charge in [-0.25, -0.2) is 4.79 Å². The fourth-order valence-corrected chi connectivity index (χ4v) is 2.58. The molecule has 0 spiro atoms. The molecule has 0 saturated carbocycles. The van der Waals surface area contributed by atoms with Crippen molar-refractivity contribution in [1.29, 1.82) is 0 Å².